The number of nitrogens with zero attached hydrogens (tertiary/aromatic N) is 4. The Labute approximate surface area is 226 Å². The van der Waals surface area contributed by atoms with Crippen molar-refractivity contribution in [1.29, 1.82) is 0 Å². The van der Waals surface area contributed by atoms with E-state index in [9.17, 15) is 26.4 Å². The van der Waals surface area contributed by atoms with E-state index in [4.69, 9.17) is 9.72 Å². The van der Waals surface area contributed by atoms with Gasteiger partial charge in [-0.1, -0.05) is 6.07 Å². The van der Waals surface area contributed by atoms with Crippen LogP contribution < -0.4 is 14.5 Å². The number of rotatable bonds is 5. The van der Waals surface area contributed by atoms with E-state index in [1.165, 1.54) is 9.21 Å². The number of aryl methyl sites for hydroxylation is 1. The predicted molar refractivity (Wildman–Crippen MR) is 143 cm³/mol. The Hall–Kier alpha value is -3.06. The zero-order valence-electron chi connectivity index (χ0n) is 21.7. The monoisotopic (exact) mass is 567 g/mol. The minimum Gasteiger partial charge on any atom is -0.378 e. The molecule has 13 heteroatoms. The molecular formula is C26H32F3N5O4S. The van der Waals surface area contributed by atoms with Crippen molar-refractivity contribution in [2.24, 2.45) is 5.92 Å². The molecule has 3 aliphatic heterocycles. The summed E-state index contributed by atoms with van der Waals surface area (Å²) in [7, 11) is -3.45. The minimum absolute atomic E-state index is 0.0605. The number of alkyl halides is 3. The maximum Gasteiger partial charge on any atom is 0.389 e. The number of pyridine rings is 1. The third kappa shape index (κ3) is 6.40. The van der Waals surface area contributed by atoms with Gasteiger partial charge in [0, 0.05) is 44.8 Å². The van der Waals surface area contributed by atoms with Crippen LogP contribution in [0.2, 0.25) is 0 Å². The van der Waals surface area contributed by atoms with Gasteiger partial charge in [0.05, 0.1) is 19.0 Å². The summed E-state index contributed by atoms with van der Waals surface area (Å²) >= 11 is 0. The van der Waals surface area contributed by atoms with Crippen LogP contribution in [0.4, 0.5) is 35.3 Å². The second-order valence-corrected chi connectivity index (χ2v) is 12.3. The van der Waals surface area contributed by atoms with Crippen molar-refractivity contribution in [1.82, 2.24) is 9.88 Å². The lowest BCUT2D eigenvalue weighted by atomic mass is 10.00. The fourth-order valence-electron chi connectivity index (χ4n) is 5.36. The molecular weight excluding hydrogens is 535 g/mol. The molecule has 0 bridgehead atoms. The molecule has 1 unspecified atom stereocenters. The molecule has 3 saturated heterocycles. The molecule has 3 fully saturated rings. The number of hydrogen-bond donors (Lipinski definition) is 1. The molecule has 0 spiro atoms. The number of likely N-dealkylation sites (tertiary alicyclic amines) is 1. The summed E-state index contributed by atoms with van der Waals surface area (Å²) in [5.74, 6) is 0.481. The summed E-state index contributed by atoms with van der Waals surface area (Å²) in [6, 6.07) is 8.62. The van der Waals surface area contributed by atoms with Crippen molar-refractivity contribution in [2.75, 3.05) is 66.2 Å². The first kappa shape index (κ1) is 27.5. The summed E-state index contributed by atoms with van der Waals surface area (Å²) in [5.41, 5.74) is 2.95. The smallest absolute Gasteiger partial charge is 0.378 e. The van der Waals surface area contributed by atoms with E-state index in [0.29, 0.717) is 63.0 Å². The van der Waals surface area contributed by atoms with Crippen LogP contribution in [0.1, 0.15) is 24.8 Å². The first-order chi connectivity index (χ1) is 18.5. The molecule has 2 aromatic rings. The summed E-state index contributed by atoms with van der Waals surface area (Å²) < 4.78 is 70.5. The van der Waals surface area contributed by atoms with Crippen molar-refractivity contribution in [2.45, 2.75) is 32.4 Å². The Balaban J connectivity index is 1.42. The van der Waals surface area contributed by atoms with Gasteiger partial charge in [0.15, 0.2) is 0 Å². The first-order valence-electron chi connectivity index (χ1n) is 13.1. The number of carbonyl (C=O) groups is 1. The van der Waals surface area contributed by atoms with E-state index in [1.54, 1.807) is 18.2 Å². The molecule has 2 amide bonds. The van der Waals surface area contributed by atoms with E-state index in [1.807, 2.05) is 19.1 Å². The fourth-order valence-corrected chi connectivity index (χ4v) is 6.86. The second kappa shape index (κ2) is 10.8. The number of morpholine rings is 1. The van der Waals surface area contributed by atoms with Gasteiger partial charge in [-0.2, -0.15) is 13.2 Å². The molecule has 1 atom stereocenters. The molecule has 3 aliphatic rings. The summed E-state index contributed by atoms with van der Waals surface area (Å²) in [5, 5.41) is 2.82. The zero-order valence-corrected chi connectivity index (χ0v) is 22.5. The molecule has 1 aromatic carbocycles. The molecule has 4 heterocycles. The average molecular weight is 568 g/mol. The standard InChI is InChI=1S/C26H32F3N5O4S/c1-18-3-4-21(30-25(35)33-7-5-19(17-33)16-26(27,28)29)15-22(18)20-13-23(32-8-10-38-11-9-32)31-24(14-20)34-6-2-12-39(34,36)37/h3-4,13-15,19H,2,5-12,16-17H2,1H3,(H,30,35). The van der Waals surface area contributed by atoms with E-state index in [0.717, 1.165) is 16.7 Å². The van der Waals surface area contributed by atoms with Crippen LogP contribution in [0, 0.1) is 12.8 Å². The molecule has 212 valence electrons. The molecule has 0 saturated carbocycles. The number of nitrogens with one attached hydrogen (secondary N) is 1. The molecule has 1 N–H and O–H groups in total. The zero-order chi connectivity index (χ0) is 27.8. The first-order valence-corrected chi connectivity index (χ1v) is 14.7. The van der Waals surface area contributed by atoms with Gasteiger partial charge in [-0.25, -0.2) is 18.2 Å². The molecule has 9 nitrogen and oxygen atoms in total. The third-order valence-electron chi connectivity index (χ3n) is 7.38. The van der Waals surface area contributed by atoms with Crippen molar-refractivity contribution in [3.05, 3.63) is 35.9 Å². The Bertz CT molecular complexity index is 1330. The van der Waals surface area contributed by atoms with Gasteiger partial charge in [-0.05, 0) is 66.6 Å². The fraction of sp³-hybridized carbons (Fsp3) is 0.538. The van der Waals surface area contributed by atoms with Crippen LogP contribution in [0.3, 0.4) is 0 Å². The number of ether oxygens (including phenoxy) is 1. The van der Waals surface area contributed by atoms with Gasteiger partial charge >= 0.3 is 12.2 Å². The number of sulfonamides is 1. The van der Waals surface area contributed by atoms with Crippen LogP contribution in [0.5, 0.6) is 0 Å². The third-order valence-corrected chi connectivity index (χ3v) is 9.23. The largest absolute Gasteiger partial charge is 0.389 e. The topological polar surface area (TPSA) is 95.1 Å². The van der Waals surface area contributed by atoms with Gasteiger partial charge in [0.25, 0.3) is 0 Å². The van der Waals surface area contributed by atoms with Gasteiger partial charge in [-0.15, -0.1) is 0 Å². The number of halogens is 3. The maximum atomic E-state index is 12.9. The molecule has 39 heavy (non-hydrogen) atoms. The second-order valence-electron chi connectivity index (χ2n) is 10.3. The molecule has 5 rings (SSSR count). The van der Waals surface area contributed by atoms with Crippen LogP contribution in [0.15, 0.2) is 30.3 Å². The van der Waals surface area contributed by atoms with E-state index < -0.39 is 34.6 Å². The lowest BCUT2D eigenvalue weighted by molar-refractivity contribution is -0.143. The van der Waals surface area contributed by atoms with E-state index in [-0.39, 0.29) is 18.8 Å². The Kier molecular flexibility index (Phi) is 7.64. The van der Waals surface area contributed by atoms with Gasteiger partial charge in [-0.3, -0.25) is 4.31 Å². The highest BCUT2D eigenvalue weighted by molar-refractivity contribution is 7.93. The molecule has 0 radical (unpaired) electrons. The maximum absolute atomic E-state index is 12.9. The average Bonchev–Trinajstić information content (AvgIpc) is 3.49. The number of benzene rings is 1. The quantitative estimate of drug-likeness (QED) is 0.581. The molecule has 1 aromatic heterocycles. The SMILES string of the molecule is Cc1ccc(NC(=O)N2CCC(CC(F)(F)F)C2)cc1-c1cc(N2CCOCC2)nc(N2CCCS2(=O)=O)c1. The number of hydrogen-bond acceptors (Lipinski definition) is 6. The lowest BCUT2D eigenvalue weighted by Gasteiger charge is -2.29. The van der Waals surface area contributed by atoms with Crippen molar-refractivity contribution in [3.8, 4) is 11.1 Å². The number of carbonyl (C=O) groups excluding carboxylic acids is 1. The van der Waals surface area contributed by atoms with Crippen LogP contribution in [0.25, 0.3) is 11.1 Å². The van der Waals surface area contributed by atoms with Gasteiger partial charge < -0.3 is 19.9 Å². The Morgan fingerprint density at radius 1 is 1.10 bits per heavy atom. The predicted octanol–water partition coefficient (Wildman–Crippen LogP) is 4.24. The summed E-state index contributed by atoms with van der Waals surface area (Å²) in [6.07, 6.45) is -4.30. The van der Waals surface area contributed by atoms with Crippen molar-refractivity contribution in [3.63, 3.8) is 0 Å². The summed E-state index contributed by atoms with van der Waals surface area (Å²) in [4.78, 5) is 21.0. The number of anilines is 3. The Morgan fingerprint density at radius 2 is 1.85 bits per heavy atom. The van der Waals surface area contributed by atoms with Gasteiger partial charge in [0.1, 0.15) is 11.6 Å². The number of aromatic nitrogens is 1. The van der Waals surface area contributed by atoms with Crippen LogP contribution >= 0.6 is 0 Å². The number of urea groups is 1. The minimum atomic E-state index is -4.25. The van der Waals surface area contributed by atoms with Crippen molar-refractivity contribution >= 4 is 33.4 Å². The highest BCUT2D eigenvalue weighted by Crippen LogP contribution is 2.35. The van der Waals surface area contributed by atoms with E-state index in [2.05, 4.69) is 10.2 Å². The molecule has 0 aliphatic carbocycles. The lowest BCUT2D eigenvalue weighted by Crippen LogP contribution is -2.37. The van der Waals surface area contributed by atoms with Crippen molar-refractivity contribution < 1.29 is 31.1 Å². The highest BCUT2D eigenvalue weighted by Gasteiger charge is 2.36. The van der Waals surface area contributed by atoms with Crippen LogP contribution in [-0.2, 0) is 14.8 Å². The summed E-state index contributed by atoms with van der Waals surface area (Å²) in [6.45, 7) is 4.96. The Morgan fingerprint density at radius 3 is 2.54 bits per heavy atom. The normalized spacial score (nSPS) is 21.4. The van der Waals surface area contributed by atoms with E-state index >= 15 is 0 Å². The highest BCUT2D eigenvalue weighted by atomic mass is 32.2. The van der Waals surface area contributed by atoms with Crippen LogP contribution in [-0.4, -0.2) is 82.2 Å². The van der Waals surface area contributed by atoms with Gasteiger partial charge in [0.2, 0.25) is 10.0 Å². The number of amides is 2.